The first-order valence-electron chi connectivity index (χ1n) is 6.77. The number of nitrogens with one attached hydrogen (secondary N) is 2. The van der Waals surface area contributed by atoms with Gasteiger partial charge in [0.25, 0.3) is 0 Å². The van der Waals surface area contributed by atoms with Crippen LogP contribution < -0.4 is 10.6 Å². The molecule has 2 rings (SSSR count). The number of rotatable bonds is 4. The third-order valence-corrected chi connectivity index (χ3v) is 4.47. The normalized spacial score (nSPS) is 30.3. The molecule has 2 aliphatic rings. The molecule has 5 nitrogen and oxygen atoms in total. The number of carboxylic acid groups (broad SMARTS) is 1. The monoisotopic (exact) mass is 254 g/mol. The van der Waals surface area contributed by atoms with Gasteiger partial charge >= 0.3 is 5.97 Å². The molecule has 1 saturated carbocycles. The fraction of sp³-hybridized carbons (Fsp3) is 0.846. The molecule has 0 radical (unpaired) electrons. The highest BCUT2D eigenvalue weighted by atomic mass is 16.4. The Balaban J connectivity index is 1.90. The number of aliphatic carboxylic acids is 1. The Hall–Kier alpha value is -1.10. The molecular formula is C13H22N2O3. The molecule has 0 aromatic carbocycles. The van der Waals surface area contributed by atoms with Gasteiger partial charge in [-0.3, -0.25) is 9.59 Å². The van der Waals surface area contributed by atoms with Crippen molar-refractivity contribution in [2.75, 3.05) is 19.6 Å². The minimum Gasteiger partial charge on any atom is -0.481 e. The Morgan fingerprint density at radius 3 is 2.50 bits per heavy atom. The molecule has 2 atom stereocenters. The second-order valence-electron chi connectivity index (χ2n) is 5.75. The Kier molecular flexibility index (Phi) is 3.90. The van der Waals surface area contributed by atoms with Crippen LogP contribution in [-0.4, -0.2) is 36.6 Å². The van der Waals surface area contributed by atoms with Gasteiger partial charge in [0, 0.05) is 13.1 Å². The quantitative estimate of drug-likeness (QED) is 0.686. The van der Waals surface area contributed by atoms with Crippen molar-refractivity contribution >= 4 is 11.9 Å². The van der Waals surface area contributed by atoms with Gasteiger partial charge in [0.15, 0.2) is 0 Å². The molecule has 0 spiro atoms. The zero-order chi connectivity index (χ0) is 13.2. The van der Waals surface area contributed by atoms with Gasteiger partial charge in [-0.1, -0.05) is 19.8 Å². The summed E-state index contributed by atoms with van der Waals surface area (Å²) in [7, 11) is 0. The second-order valence-corrected chi connectivity index (χ2v) is 5.75. The number of carbonyl (C=O) groups excluding carboxylic acids is 1. The Morgan fingerprint density at radius 1 is 1.33 bits per heavy atom. The van der Waals surface area contributed by atoms with Crippen LogP contribution in [0.1, 0.15) is 32.6 Å². The van der Waals surface area contributed by atoms with E-state index in [0.29, 0.717) is 25.3 Å². The van der Waals surface area contributed by atoms with Crippen LogP contribution in [0.3, 0.4) is 0 Å². The fourth-order valence-corrected chi connectivity index (χ4v) is 3.07. The van der Waals surface area contributed by atoms with Gasteiger partial charge in [-0.25, -0.2) is 0 Å². The van der Waals surface area contributed by atoms with Gasteiger partial charge in [-0.2, -0.15) is 0 Å². The van der Waals surface area contributed by atoms with Crippen LogP contribution in [0.25, 0.3) is 0 Å². The van der Waals surface area contributed by atoms with Crippen LogP contribution in [0.2, 0.25) is 0 Å². The highest BCUT2D eigenvalue weighted by Crippen LogP contribution is 2.37. The zero-order valence-corrected chi connectivity index (χ0v) is 10.9. The first kappa shape index (κ1) is 13.3. The Bertz CT molecular complexity index is 337. The third-order valence-electron chi connectivity index (χ3n) is 4.47. The van der Waals surface area contributed by atoms with Crippen LogP contribution >= 0.6 is 0 Å². The lowest BCUT2D eigenvalue weighted by Crippen LogP contribution is -2.44. The molecule has 1 aliphatic heterocycles. The summed E-state index contributed by atoms with van der Waals surface area (Å²) < 4.78 is 0. The topological polar surface area (TPSA) is 78.4 Å². The minimum atomic E-state index is -0.766. The maximum atomic E-state index is 12.0. The van der Waals surface area contributed by atoms with E-state index < -0.39 is 11.4 Å². The summed E-state index contributed by atoms with van der Waals surface area (Å²) in [5.41, 5.74) is -0.717. The number of carbonyl (C=O) groups is 2. The predicted molar refractivity (Wildman–Crippen MR) is 67.1 cm³/mol. The fourth-order valence-electron chi connectivity index (χ4n) is 3.07. The van der Waals surface area contributed by atoms with Gasteiger partial charge in [0.1, 0.15) is 0 Å². The zero-order valence-electron chi connectivity index (χ0n) is 10.9. The van der Waals surface area contributed by atoms with E-state index in [1.165, 1.54) is 0 Å². The van der Waals surface area contributed by atoms with E-state index in [2.05, 4.69) is 10.6 Å². The third kappa shape index (κ3) is 2.51. The van der Waals surface area contributed by atoms with E-state index in [1.54, 1.807) is 0 Å². The van der Waals surface area contributed by atoms with E-state index in [1.807, 2.05) is 6.92 Å². The lowest BCUT2D eigenvalue weighted by atomic mass is 9.86. The predicted octanol–water partition coefficient (Wildman–Crippen LogP) is 0.603. The molecule has 5 heteroatoms. The van der Waals surface area contributed by atoms with E-state index in [9.17, 15) is 14.7 Å². The summed E-state index contributed by atoms with van der Waals surface area (Å²) in [6.07, 6.45) is 3.26. The SMILES string of the molecule is CC1CNCC1C(=O)NCC1(C(=O)O)CCCC1. The van der Waals surface area contributed by atoms with E-state index >= 15 is 0 Å². The van der Waals surface area contributed by atoms with Gasteiger partial charge in [-0.15, -0.1) is 0 Å². The lowest BCUT2D eigenvalue weighted by molar-refractivity contribution is -0.148. The first-order valence-corrected chi connectivity index (χ1v) is 6.77. The van der Waals surface area contributed by atoms with Gasteiger partial charge in [-0.05, 0) is 25.3 Å². The lowest BCUT2D eigenvalue weighted by Gasteiger charge is -2.25. The maximum Gasteiger partial charge on any atom is 0.311 e. The van der Waals surface area contributed by atoms with Crippen molar-refractivity contribution in [1.82, 2.24) is 10.6 Å². The number of hydrogen-bond acceptors (Lipinski definition) is 3. The molecule has 1 heterocycles. The van der Waals surface area contributed by atoms with E-state index in [4.69, 9.17) is 0 Å². The van der Waals surface area contributed by atoms with Crippen molar-refractivity contribution < 1.29 is 14.7 Å². The smallest absolute Gasteiger partial charge is 0.311 e. The molecule has 1 aliphatic carbocycles. The number of amides is 1. The second kappa shape index (κ2) is 5.26. The van der Waals surface area contributed by atoms with Gasteiger partial charge < -0.3 is 15.7 Å². The number of carboxylic acids is 1. The molecular weight excluding hydrogens is 232 g/mol. The van der Waals surface area contributed by atoms with Gasteiger partial charge in [0.2, 0.25) is 5.91 Å². The average molecular weight is 254 g/mol. The van der Waals surface area contributed by atoms with Crippen LogP contribution in [-0.2, 0) is 9.59 Å². The molecule has 1 amide bonds. The molecule has 0 aromatic heterocycles. The maximum absolute atomic E-state index is 12.0. The summed E-state index contributed by atoms with van der Waals surface area (Å²) >= 11 is 0. The summed E-state index contributed by atoms with van der Waals surface area (Å²) in [4.78, 5) is 23.4. The summed E-state index contributed by atoms with van der Waals surface area (Å²) in [6, 6.07) is 0. The largest absolute Gasteiger partial charge is 0.481 e. The highest BCUT2D eigenvalue weighted by Gasteiger charge is 2.42. The summed E-state index contributed by atoms with van der Waals surface area (Å²) in [5.74, 6) is -0.454. The molecule has 2 unspecified atom stereocenters. The average Bonchev–Trinajstić information content (AvgIpc) is 2.95. The van der Waals surface area contributed by atoms with Crippen molar-refractivity contribution in [3.63, 3.8) is 0 Å². The van der Waals surface area contributed by atoms with Crippen molar-refractivity contribution in [3.05, 3.63) is 0 Å². The van der Waals surface area contributed by atoms with E-state index in [0.717, 1.165) is 19.4 Å². The molecule has 2 fully saturated rings. The summed E-state index contributed by atoms with van der Waals surface area (Å²) in [6.45, 7) is 3.90. The van der Waals surface area contributed by atoms with Crippen LogP contribution in [0, 0.1) is 17.3 Å². The highest BCUT2D eigenvalue weighted by molar-refractivity contribution is 5.81. The number of hydrogen-bond donors (Lipinski definition) is 3. The molecule has 18 heavy (non-hydrogen) atoms. The van der Waals surface area contributed by atoms with Crippen molar-refractivity contribution in [1.29, 1.82) is 0 Å². The first-order chi connectivity index (χ1) is 8.55. The molecule has 0 aromatic rings. The molecule has 0 bridgehead atoms. The van der Waals surface area contributed by atoms with E-state index in [-0.39, 0.29) is 18.4 Å². The van der Waals surface area contributed by atoms with Crippen LogP contribution in [0.5, 0.6) is 0 Å². The summed E-state index contributed by atoms with van der Waals surface area (Å²) in [5, 5.41) is 15.4. The van der Waals surface area contributed by atoms with Crippen molar-refractivity contribution in [3.8, 4) is 0 Å². The Labute approximate surface area is 107 Å². The van der Waals surface area contributed by atoms with Crippen molar-refractivity contribution in [2.24, 2.45) is 17.3 Å². The Morgan fingerprint density at radius 2 is 2.00 bits per heavy atom. The molecule has 102 valence electrons. The van der Waals surface area contributed by atoms with Crippen LogP contribution in [0.4, 0.5) is 0 Å². The van der Waals surface area contributed by atoms with Crippen LogP contribution in [0.15, 0.2) is 0 Å². The van der Waals surface area contributed by atoms with Gasteiger partial charge in [0.05, 0.1) is 11.3 Å². The molecule has 3 N–H and O–H groups in total. The van der Waals surface area contributed by atoms with Crippen molar-refractivity contribution in [2.45, 2.75) is 32.6 Å². The molecule has 1 saturated heterocycles. The minimum absolute atomic E-state index is 0.0000231. The standard InChI is InChI=1S/C13H22N2O3/c1-9-6-14-7-10(9)11(16)15-8-13(12(17)18)4-2-3-5-13/h9-10,14H,2-8H2,1H3,(H,15,16)(H,17,18).